The lowest BCUT2D eigenvalue weighted by molar-refractivity contribution is 0.0734. The van der Waals surface area contributed by atoms with Crippen LogP contribution >= 0.6 is 0 Å². The highest BCUT2D eigenvalue weighted by Crippen LogP contribution is 2.28. The van der Waals surface area contributed by atoms with Crippen LogP contribution in [0.4, 0.5) is 0 Å². The summed E-state index contributed by atoms with van der Waals surface area (Å²) < 4.78 is 41.9. The van der Waals surface area contributed by atoms with Gasteiger partial charge in [-0.15, -0.1) is 0 Å². The molecule has 1 fully saturated rings. The number of carbonyl (C=O) groups is 1. The van der Waals surface area contributed by atoms with Crippen LogP contribution in [-0.4, -0.2) is 33.2 Å². The first-order valence-electron chi connectivity index (χ1n) is 9.35. The molecule has 1 saturated heterocycles. The maximum Gasteiger partial charge on any atom is 0.343 e. The van der Waals surface area contributed by atoms with Gasteiger partial charge in [0.15, 0.2) is 0 Å². The Kier molecular flexibility index (Phi) is 5.32. The molecule has 1 heterocycles. The number of hydrogen-bond donors (Lipinski definition) is 0. The van der Waals surface area contributed by atoms with Crippen LogP contribution in [0.1, 0.15) is 17.3 Å². The highest BCUT2D eigenvalue weighted by Gasteiger charge is 2.40. The Hall–Kier alpha value is -3.16. The van der Waals surface area contributed by atoms with E-state index in [1.807, 2.05) is 6.92 Å². The van der Waals surface area contributed by atoms with E-state index in [9.17, 15) is 13.2 Å². The van der Waals surface area contributed by atoms with Gasteiger partial charge >= 0.3 is 5.97 Å². The molecule has 7 heteroatoms. The van der Waals surface area contributed by atoms with Crippen molar-refractivity contribution in [3.63, 3.8) is 0 Å². The third-order valence-corrected chi connectivity index (χ3v) is 6.45. The summed E-state index contributed by atoms with van der Waals surface area (Å²) in [5, 5.41) is 0. The number of carbonyl (C=O) groups excluding carboxylic acids is 1. The number of esters is 1. The molecule has 154 valence electrons. The molecule has 0 aliphatic carbocycles. The second-order valence-corrected chi connectivity index (χ2v) is 9.18. The maximum atomic E-state index is 12.9. The van der Waals surface area contributed by atoms with Crippen LogP contribution in [0.15, 0.2) is 88.7 Å². The normalized spacial score (nSPS) is 17.9. The van der Waals surface area contributed by atoms with Gasteiger partial charge in [0, 0.05) is 0 Å². The molecule has 1 aliphatic rings. The highest BCUT2D eigenvalue weighted by atomic mass is 32.2. The first kappa shape index (κ1) is 20.1. The van der Waals surface area contributed by atoms with Gasteiger partial charge in [0.05, 0.1) is 22.0 Å². The van der Waals surface area contributed by atoms with E-state index in [0.717, 1.165) is 0 Å². The molecule has 4 rings (SSSR count). The Morgan fingerprint density at radius 1 is 0.900 bits per heavy atom. The molecule has 0 radical (unpaired) electrons. The van der Waals surface area contributed by atoms with Crippen molar-refractivity contribution < 1.29 is 27.4 Å². The third kappa shape index (κ3) is 4.53. The Balaban J connectivity index is 1.44. The van der Waals surface area contributed by atoms with E-state index in [1.54, 1.807) is 42.5 Å². The number of epoxide rings is 1. The Bertz CT molecular complexity index is 1130. The van der Waals surface area contributed by atoms with Gasteiger partial charge in [-0.3, -0.25) is 0 Å². The van der Waals surface area contributed by atoms with Crippen LogP contribution in [0.2, 0.25) is 0 Å². The van der Waals surface area contributed by atoms with Gasteiger partial charge in [-0.2, -0.15) is 0 Å². The molecule has 30 heavy (non-hydrogen) atoms. The average molecular weight is 424 g/mol. The molecule has 6 nitrogen and oxygen atoms in total. The minimum absolute atomic E-state index is 0.106. The van der Waals surface area contributed by atoms with Gasteiger partial charge in [0.1, 0.15) is 23.7 Å². The summed E-state index contributed by atoms with van der Waals surface area (Å²) >= 11 is 0. The summed E-state index contributed by atoms with van der Waals surface area (Å²) in [6.07, 6.45) is 0. The molecule has 0 aromatic heterocycles. The van der Waals surface area contributed by atoms with Crippen molar-refractivity contribution in [1.29, 1.82) is 0 Å². The summed E-state index contributed by atoms with van der Waals surface area (Å²) in [7, 11) is -3.70. The van der Waals surface area contributed by atoms with Crippen molar-refractivity contribution in [1.82, 2.24) is 0 Å². The number of sulfone groups is 1. The van der Waals surface area contributed by atoms with E-state index in [4.69, 9.17) is 14.2 Å². The summed E-state index contributed by atoms with van der Waals surface area (Å²) in [4.78, 5) is 12.4. The second-order valence-electron chi connectivity index (χ2n) is 7.23. The molecule has 1 atom stereocenters. The van der Waals surface area contributed by atoms with Gasteiger partial charge in [0.2, 0.25) is 9.84 Å². The van der Waals surface area contributed by atoms with Gasteiger partial charge in [-0.1, -0.05) is 18.2 Å². The molecule has 1 aliphatic heterocycles. The zero-order chi connectivity index (χ0) is 21.2. The Labute approximate surface area is 174 Å². The molecular weight excluding hydrogens is 404 g/mol. The van der Waals surface area contributed by atoms with E-state index in [2.05, 4.69) is 0 Å². The molecule has 0 N–H and O–H groups in total. The summed E-state index contributed by atoms with van der Waals surface area (Å²) in [6.45, 7) is 3.03. The lowest BCUT2D eigenvalue weighted by atomic mass is 10.2. The van der Waals surface area contributed by atoms with E-state index < -0.39 is 15.8 Å². The number of ether oxygens (including phenoxy) is 3. The Morgan fingerprint density at radius 2 is 1.43 bits per heavy atom. The van der Waals surface area contributed by atoms with Crippen LogP contribution in [-0.2, 0) is 14.6 Å². The number of rotatable bonds is 7. The third-order valence-electron chi connectivity index (χ3n) is 4.67. The van der Waals surface area contributed by atoms with Gasteiger partial charge < -0.3 is 14.2 Å². The van der Waals surface area contributed by atoms with Crippen molar-refractivity contribution in [3.05, 3.63) is 84.4 Å². The number of hydrogen-bond acceptors (Lipinski definition) is 6. The van der Waals surface area contributed by atoms with E-state index in [0.29, 0.717) is 24.5 Å². The minimum Gasteiger partial charge on any atom is -0.491 e. The quantitative estimate of drug-likeness (QED) is 0.325. The topological polar surface area (TPSA) is 82.2 Å². The van der Waals surface area contributed by atoms with Crippen LogP contribution in [0.25, 0.3) is 0 Å². The molecule has 0 amide bonds. The molecule has 3 aromatic rings. The van der Waals surface area contributed by atoms with Crippen LogP contribution in [0.5, 0.6) is 11.5 Å². The molecule has 0 bridgehead atoms. The van der Waals surface area contributed by atoms with Crippen molar-refractivity contribution in [2.75, 3.05) is 13.2 Å². The van der Waals surface area contributed by atoms with E-state index in [1.165, 1.54) is 36.4 Å². The van der Waals surface area contributed by atoms with Crippen LogP contribution in [0.3, 0.4) is 0 Å². The largest absolute Gasteiger partial charge is 0.491 e. The van der Waals surface area contributed by atoms with Crippen molar-refractivity contribution in [2.45, 2.75) is 22.3 Å². The summed E-state index contributed by atoms with van der Waals surface area (Å²) in [5.41, 5.74) is 0.176. The first-order valence-corrected chi connectivity index (χ1v) is 10.8. The summed E-state index contributed by atoms with van der Waals surface area (Å²) in [6, 6.07) is 20.6. The predicted molar refractivity (Wildman–Crippen MR) is 110 cm³/mol. The molecular formula is C23H20O6S. The lowest BCUT2D eigenvalue weighted by Gasteiger charge is -2.10. The van der Waals surface area contributed by atoms with Gasteiger partial charge in [-0.05, 0) is 67.6 Å². The van der Waals surface area contributed by atoms with Crippen LogP contribution in [0, 0.1) is 0 Å². The van der Waals surface area contributed by atoms with Gasteiger partial charge in [-0.25, -0.2) is 13.2 Å². The van der Waals surface area contributed by atoms with Crippen LogP contribution < -0.4 is 9.47 Å². The fraction of sp³-hybridized carbons (Fsp3) is 0.174. The SMILES string of the molecule is CC1(COc2ccc(S(=O)(=O)c3ccc(OC(=O)c4ccccc4)cc3)cc2)CO1. The number of benzene rings is 3. The fourth-order valence-corrected chi connectivity index (χ4v) is 3.98. The molecule has 1 unspecified atom stereocenters. The Morgan fingerprint density at radius 3 is 1.97 bits per heavy atom. The highest BCUT2D eigenvalue weighted by molar-refractivity contribution is 7.91. The molecule has 0 spiro atoms. The maximum absolute atomic E-state index is 12.9. The first-order chi connectivity index (χ1) is 14.4. The predicted octanol–water partition coefficient (Wildman–Crippen LogP) is 3.91. The zero-order valence-electron chi connectivity index (χ0n) is 16.3. The minimum atomic E-state index is -3.70. The summed E-state index contributed by atoms with van der Waals surface area (Å²) in [5.74, 6) is 0.337. The van der Waals surface area contributed by atoms with E-state index >= 15 is 0 Å². The van der Waals surface area contributed by atoms with Crippen molar-refractivity contribution in [3.8, 4) is 11.5 Å². The van der Waals surface area contributed by atoms with Gasteiger partial charge in [0.25, 0.3) is 0 Å². The average Bonchev–Trinajstić information content (AvgIpc) is 3.51. The second kappa shape index (κ2) is 7.93. The smallest absolute Gasteiger partial charge is 0.343 e. The van der Waals surface area contributed by atoms with Crippen molar-refractivity contribution >= 4 is 15.8 Å². The zero-order valence-corrected chi connectivity index (χ0v) is 17.1. The molecule has 0 saturated carbocycles. The van der Waals surface area contributed by atoms with Crippen molar-refractivity contribution in [2.24, 2.45) is 0 Å². The fourth-order valence-electron chi connectivity index (χ4n) is 2.72. The van der Waals surface area contributed by atoms with E-state index in [-0.39, 0.29) is 21.1 Å². The lowest BCUT2D eigenvalue weighted by Crippen LogP contribution is -2.16. The molecule has 3 aromatic carbocycles. The standard InChI is InChI=1S/C23H20O6S/c1-23(16-28-23)15-27-18-7-11-20(12-8-18)30(25,26)21-13-9-19(10-14-21)29-22(24)17-5-3-2-4-6-17/h2-14H,15-16H2,1H3. The monoisotopic (exact) mass is 424 g/mol.